The zero-order valence-electron chi connectivity index (χ0n) is 20.5. The number of anilines is 2. The van der Waals surface area contributed by atoms with Crippen molar-refractivity contribution in [1.82, 2.24) is 0 Å². The predicted molar refractivity (Wildman–Crippen MR) is 134 cm³/mol. The van der Waals surface area contributed by atoms with Gasteiger partial charge in [0.05, 0.1) is 6.61 Å². The summed E-state index contributed by atoms with van der Waals surface area (Å²) in [5.74, 6) is -1.08. The highest BCUT2D eigenvalue weighted by Crippen LogP contribution is 2.56. The van der Waals surface area contributed by atoms with Crippen LogP contribution in [0, 0.1) is 13.8 Å². The number of ether oxygens (including phenoxy) is 1. The maximum Gasteiger partial charge on any atom is 0.339 e. The minimum absolute atomic E-state index is 0.00862. The van der Waals surface area contributed by atoms with Crippen molar-refractivity contribution in [2.24, 2.45) is 5.73 Å². The Bertz CT molecular complexity index is 1340. The Balaban J connectivity index is 1.92. The minimum Gasteiger partial charge on any atom is -0.462 e. The van der Waals surface area contributed by atoms with Crippen molar-refractivity contribution < 1.29 is 19.1 Å². The fraction of sp³-hybridized carbons (Fsp3) is 0.321. The van der Waals surface area contributed by atoms with Gasteiger partial charge in [-0.1, -0.05) is 24.3 Å². The summed E-state index contributed by atoms with van der Waals surface area (Å²) in [4.78, 5) is 44.8. The quantitative estimate of drug-likeness (QED) is 0.685. The molecule has 0 bridgehead atoms. The Morgan fingerprint density at radius 1 is 1.09 bits per heavy atom. The van der Waals surface area contributed by atoms with Crippen LogP contribution in [0.15, 0.2) is 65.1 Å². The maximum atomic E-state index is 14.2. The molecule has 1 atom stereocenters. The number of esters is 1. The highest BCUT2D eigenvalue weighted by molar-refractivity contribution is 6.24. The van der Waals surface area contributed by atoms with Gasteiger partial charge in [0, 0.05) is 41.7 Å². The lowest BCUT2D eigenvalue weighted by molar-refractivity contribution is -0.140. The minimum atomic E-state index is -1.64. The molecule has 2 aliphatic heterocycles. The second kappa shape index (κ2) is 8.12. The van der Waals surface area contributed by atoms with Crippen molar-refractivity contribution >= 4 is 29.0 Å². The molecular formula is C28H29N3O4. The summed E-state index contributed by atoms with van der Waals surface area (Å²) in [5.41, 5.74) is 10.3. The molecule has 2 heterocycles. The van der Waals surface area contributed by atoms with Crippen molar-refractivity contribution in [3.63, 3.8) is 0 Å². The van der Waals surface area contributed by atoms with Crippen LogP contribution in [0.25, 0.3) is 0 Å². The summed E-state index contributed by atoms with van der Waals surface area (Å²) in [6, 6.07) is 13.3. The SMILES string of the molecule is CCOC(=O)C1=C(N)N(c2cc(C)cc(C)c2)C2=C(C(=O)CCC2)C12C(=O)N(C)c1ccccc12. The number of carbonyl (C=O) groups is 3. The fourth-order valence-electron chi connectivity index (χ4n) is 5.93. The van der Waals surface area contributed by atoms with Gasteiger partial charge in [0.25, 0.3) is 0 Å². The number of hydrogen-bond donors (Lipinski definition) is 1. The van der Waals surface area contributed by atoms with E-state index in [1.165, 1.54) is 4.90 Å². The molecule has 0 saturated carbocycles. The molecule has 180 valence electrons. The number of aryl methyl sites for hydroxylation is 2. The van der Waals surface area contributed by atoms with E-state index in [0.717, 1.165) is 16.8 Å². The molecule has 2 aromatic carbocycles. The molecule has 5 rings (SSSR count). The number of nitrogens with two attached hydrogens (primary N) is 1. The van der Waals surface area contributed by atoms with E-state index >= 15 is 0 Å². The van der Waals surface area contributed by atoms with Crippen molar-refractivity contribution in [2.45, 2.75) is 45.4 Å². The second-order valence-corrected chi connectivity index (χ2v) is 9.39. The molecular weight excluding hydrogens is 442 g/mol. The highest BCUT2D eigenvalue weighted by Gasteiger charge is 2.63. The van der Waals surface area contributed by atoms with Crippen molar-refractivity contribution in [3.8, 4) is 0 Å². The molecule has 1 spiro atoms. The van der Waals surface area contributed by atoms with E-state index in [-0.39, 0.29) is 29.7 Å². The zero-order valence-corrected chi connectivity index (χ0v) is 20.5. The number of rotatable bonds is 3. The Hall–Kier alpha value is -3.87. The molecule has 0 radical (unpaired) electrons. The first-order valence-electron chi connectivity index (χ1n) is 11.9. The van der Waals surface area contributed by atoms with Gasteiger partial charge in [0.2, 0.25) is 5.91 Å². The number of likely N-dealkylation sites (N-methyl/N-ethyl adjacent to an activating group) is 1. The third-order valence-corrected chi connectivity index (χ3v) is 7.14. The van der Waals surface area contributed by atoms with Crippen LogP contribution < -0.4 is 15.5 Å². The summed E-state index contributed by atoms with van der Waals surface area (Å²) >= 11 is 0. The molecule has 1 amide bonds. The summed E-state index contributed by atoms with van der Waals surface area (Å²) in [7, 11) is 1.67. The number of amides is 1. The zero-order chi connectivity index (χ0) is 25.1. The Morgan fingerprint density at radius 3 is 2.46 bits per heavy atom. The molecule has 0 fully saturated rings. The highest BCUT2D eigenvalue weighted by atomic mass is 16.5. The predicted octanol–water partition coefficient (Wildman–Crippen LogP) is 3.78. The smallest absolute Gasteiger partial charge is 0.339 e. The van der Waals surface area contributed by atoms with E-state index < -0.39 is 11.4 Å². The number of Topliss-reactive ketones (excluding diaryl/α,β-unsaturated/α-hetero) is 1. The largest absolute Gasteiger partial charge is 0.462 e. The van der Waals surface area contributed by atoms with E-state index in [1.54, 1.807) is 18.9 Å². The summed E-state index contributed by atoms with van der Waals surface area (Å²) in [6.07, 6.45) is 1.50. The van der Waals surface area contributed by atoms with Crippen molar-refractivity contribution in [1.29, 1.82) is 0 Å². The number of benzene rings is 2. The molecule has 7 heteroatoms. The first kappa shape index (κ1) is 22.9. The molecule has 2 N–H and O–H groups in total. The Morgan fingerprint density at radius 2 is 1.77 bits per heavy atom. The Labute approximate surface area is 204 Å². The lowest BCUT2D eigenvalue weighted by Crippen LogP contribution is -2.54. The number of carbonyl (C=O) groups excluding carboxylic acids is 3. The van der Waals surface area contributed by atoms with Gasteiger partial charge in [0.1, 0.15) is 16.8 Å². The molecule has 2 aromatic rings. The number of fused-ring (bicyclic) bond motifs is 3. The lowest BCUT2D eigenvalue weighted by Gasteiger charge is -2.44. The fourth-order valence-corrected chi connectivity index (χ4v) is 5.93. The van der Waals surface area contributed by atoms with Crippen LogP contribution in [0.1, 0.15) is 42.9 Å². The normalized spacial score (nSPS) is 21.6. The van der Waals surface area contributed by atoms with Crippen LogP contribution in [0.4, 0.5) is 11.4 Å². The third kappa shape index (κ3) is 3.07. The van der Waals surface area contributed by atoms with E-state index in [4.69, 9.17) is 10.5 Å². The standard InChI is InChI=1S/C28H29N3O4/c1-5-35-26(33)24-25(29)31(18-14-16(2)13-17(3)15-18)21-11-8-12-22(32)23(21)28(24)19-9-6-7-10-20(19)30(4)27(28)34/h6-7,9-10,13-15H,5,8,11-12,29H2,1-4H3. The molecule has 3 aliphatic rings. The topological polar surface area (TPSA) is 92.9 Å². The average Bonchev–Trinajstić information content (AvgIpc) is 3.02. The van der Waals surface area contributed by atoms with Crippen LogP contribution in [0.2, 0.25) is 0 Å². The first-order chi connectivity index (χ1) is 16.7. The van der Waals surface area contributed by atoms with Crippen molar-refractivity contribution in [3.05, 3.63) is 81.8 Å². The monoisotopic (exact) mass is 471 g/mol. The van der Waals surface area contributed by atoms with Crippen LogP contribution in [-0.2, 0) is 24.5 Å². The van der Waals surface area contributed by atoms with Gasteiger partial charge in [-0.15, -0.1) is 0 Å². The molecule has 35 heavy (non-hydrogen) atoms. The van der Waals surface area contributed by atoms with Crippen LogP contribution >= 0.6 is 0 Å². The molecule has 7 nitrogen and oxygen atoms in total. The van der Waals surface area contributed by atoms with Gasteiger partial charge in [-0.3, -0.25) is 14.5 Å². The van der Waals surface area contributed by atoms with E-state index in [2.05, 4.69) is 0 Å². The lowest BCUT2D eigenvalue weighted by atomic mass is 9.63. The van der Waals surface area contributed by atoms with Gasteiger partial charge >= 0.3 is 5.97 Å². The van der Waals surface area contributed by atoms with Crippen molar-refractivity contribution in [2.75, 3.05) is 23.5 Å². The molecule has 1 unspecified atom stereocenters. The van der Waals surface area contributed by atoms with Gasteiger partial charge < -0.3 is 15.4 Å². The van der Waals surface area contributed by atoms with E-state index in [0.29, 0.717) is 41.8 Å². The molecule has 0 saturated heterocycles. The van der Waals surface area contributed by atoms with E-state index in [1.807, 2.05) is 56.3 Å². The number of ketones is 1. The van der Waals surface area contributed by atoms with Gasteiger partial charge in [-0.05, 0) is 62.9 Å². The summed E-state index contributed by atoms with van der Waals surface area (Å²) in [6.45, 7) is 5.79. The van der Waals surface area contributed by atoms with Crippen LogP contribution in [0.3, 0.4) is 0 Å². The van der Waals surface area contributed by atoms with Gasteiger partial charge in [-0.2, -0.15) is 0 Å². The number of allylic oxidation sites excluding steroid dienone is 1. The Kier molecular flexibility index (Phi) is 5.31. The maximum absolute atomic E-state index is 14.2. The van der Waals surface area contributed by atoms with Gasteiger partial charge in [0.15, 0.2) is 5.78 Å². The molecule has 0 aromatic heterocycles. The average molecular weight is 472 g/mol. The first-order valence-corrected chi connectivity index (χ1v) is 11.9. The number of nitrogens with zero attached hydrogens (tertiary/aromatic N) is 2. The third-order valence-electron chi connectivity index (χ3n) is 7.14. The van der Waals surface area contributed by atoms with Crippen LogP contribution in [-0.4, -0.2) is 31.3 Å². The number of hydrogen-bond acceptors (Lipinski definition) is 6. The van der Waals surface area contributed by atoms with E-state index in [9.17, 15) is 14.4 Å². The summed E-state index contributed by atoms with van der Waals surface area (Å²) in [5, 5.41) is 0. The van der Waals surface area contributed by atoms with Gasteiger partial charge in [-0.25, -0.2) is 4.79 Å². The second-order valence-electron chi connectivity index (χ2n) is 9.39. The van der Waals surface area contributed by atoms with Crippen LogP contribution in [0.5, 0.6) is 0 Å². The summed E-state index contributed by atoms with van der Waals surface area (Å²) < 4.78 is 5.48. The molecule has 1 aliphatic carbocycles. The number of para-hydroxylation sites is 1.